The Hall–Kier alpha value is -1.99. The van der Waals surface area contributed by atoms with Gasteiger partial charge in [-0.3, -0.25) is 9.48 Å². The van der Waals surface area contributed by atoms with E-state index in [1.165, 1.54) is 0 Å². The van der Waals surface area contributed by atoms with Gasteiger partial charge in [0.05, 0.1) is 42.5 Å². The summed E-state index contributed by atoms with van der Waals surface area (Å²) in [5, 5.41) is 14.8. The zero-order valence-corrected chi connectivity index (χ0v) is 12.3. The van der Waals surface area contributed by atoms with E-state index in [9.17, 15) is 9.90 Å². The van der Waals surface area contributed by atoms with Crippen LogP contribution in [0.5, 0.6) is 0 Å². The number of carbonyl (C=O) groups excluding carboxylic acids is 1. The number of nitrogens with zero attached hydrogens (tertiary/aromatic N) is 4. The first-order chi connectivity index (χ1) is 9.99. The number of aromatic nitrogens is 3. The fourth-order valence-corrected chi connectivity index (χ4v) is 2.66. The van der Waals surface area contributed by atoms with E-state index in [1.807, 2.05) is 6.92 Å². The van der Waals surface area contributed by atoms with Crippen LogP contribution in [0, 0.1) is 6.92 Å². The average molecular weight is 290 g/mol. The number of pyridine rings is 1. The number of aliphatic hydroxyl groups is 1. The summed E-state index contributed by atoms with van der Waals surface area (Å²) in [6.07, 6.45) is 0.996. The Bertz CT molecular complexity index is 697. The molecule has 21 heavy (non-hydrogen) atoms. The van der Waals surface area contributed by atoms with Gasteiger partial charge in [-0.05, 0) is 13.0 Å². The Labute approximate surface area is 122 Å². The van der Waals surface area contributed by atoms with E-state index in [-0.39, 0.29) is 18.6 Å². The molecule has 7 heteroatoms. The molecule has 2 atom stereocenters. The van der Waals surface area contributed by atoms with Crippen molar-refractivity contribution in [1.29, 1.82) is 0 Å². The molecule has 7 nitrogen and oxygen atoms in total. The normalized spacial score (nSPS) is 21.9. The third-order valence-corrected chi connectivity index (χ3v) is 3.90. The SMILES string of the molecule is Cc1cc(C(=O)N(C)[C@@H]2COC[C@H]2O)c2cnn(C)c2n1. The molecule has 1 saturated heterocycles. The summed E-state index contributed by atoms with van der Waals surface area (Å²) in [7, 11) is 3.48. The monoisotopic (exact) mass is 290 g/mol. The Morgan fingerprint density at radius 2 is 2.29 bits per heavy atom. The minimum Gasteiger partial charge on any atom is -0.388 e. The molecule has 1 amide bonds. The van der Waals surface area contributed by atoms with Crippen LogP contribution < -0.4 is 0 Å². The van der Waals surface area contributed by atoms with E-state index < -0.39 is 6.10 Å². The molecule has 0 aromatic carbocycles. The van der Waals surface area contributed by atoms with E-state index in [1.54, 1.807) is 35.9 Å². The number of ether oxygens (including phenoxy) is 1. The second-order valence-corrected chi connectivity index (χ2v) is 5.40. The van der Waals surface area contributed by atoms with Crippen molar-refractivity contribution < 1.29 is 14.6 Å². The molecule has 2 aromatic rings. The van der Waals surface area contributed by atoms with Gasteiger partial charge in [0.15, 0.2) is 5.65 Å². The molecule has 0 saturated carbocycles. The van der Waals surface area contributed by atoms with Crippen LogP contribution in [-0.4, -0.2) is 63.1 Å². The molecule has 0 radical (unpaired) electrons. The van der Waals surface area contributed by atoms with Gasteiger partial charge < -0.3 is 14.7 Å². The van der Waals surface area contributed by atoms with Crippen molar-refractivity contribution in [2.75, 3.05) is 20.3 Å². The number of aryl methyl sites for hydroxylation is 2. The second kappa shape index (κ2) is 5.09. The van der Waals surface area contributed by atoms with Crippen molar-refractivity contribution >= 4 is 16.9 Å². The van der Waals surface area contributed by atoms with Crippen LogP contribution in [0.1, 0.15) is 16.1 Å². The fraction of sp³-hybridized carbons (Fsp3) is 0.500. The van der Waals surface area contributed by atoms with Crippen LogP contribution >= 0.6 is 0 Å². The molecule has 0 spiro atoms. The van der Waals surface area contributed by atoms with Crippen molar-refractivity contribution in [3.63, 3.8) is 0 Å². The van der Waals surface area contributed by atoms with Gasteiger partial charge in [0, 0.05) is 19.8 Å². The minimum absolute atomic E-state index is 0.159. The Balaban J connectivity index is 2.01. The number of fused-ring (bicyclic) bond motifs is 1. The second-order valence-electron chi connectivity index (χ2n) is 5.40. The summed E-state index contributed by atoms with van der Waals surface area (Å²) in [5.74, 6) is -0.159. The number of rotatable bonds is 2. The highest BCUT2D eigenvalue weighted by Crippen LogP contribution is 2.21. The first kappa shape index (κ1) is 14.0. The predicted molar refractivity (Wildman–Crippen MR) is 76.0 cm³/mol. The van der Waals surface area contributed by atoms with Crippen LogP contribution in [0.3, 0.4) is 0 Å². The van der Waals surface area contributed by atoms with Crippen LogP contribution in [-0.2, 0) is 11.8 Å². The molecule has 1 fully saturated rings. The molecule has 3 heterocycles. The zero-order valence-electron chi connectivity index (χ0n) is 12.3. The molecule has 1 N–H and O–H groups in total. The Morgan fingerprint density at radius 1 is 1.52 bits per heavy atom. The summed E-state index contributed by atoms with van der Waals surface area (Å²) in [4.78, 5) is 18.7. The number of aliphatic hydroxyl groups excluding tert-OH is 1. The molecule has 1 aliphatic heterocycles. The molecule has 112 valence electrons. The maximum absolute atomic E-state index is 12.7. The highest BCUT2D eigenvalue weighted by atomic mass is 16.5. The number of amides is 1. The molecule has 2 aromatic heterocycles. The lowest BCUT2D eigenvalue weighted by Gasteiger charge is -2.26. The predicted octanol–water partition coefficient (Wildman–Crippen LogP) is 0.108. The summed E-state index contributed by atoms with van der Waals surface area (Å²) in [5.41, 5.74) is 1.98. The van der Waals surface area contributed by atoms with Gasteiger partial charge in [-0.25, -0.2) is 4.98 Å². The Morgan fingerprint density at radius 3 is 2.95 bits per heavy atom. The molecule has 0 unspecified atom stereocenters. The van der Waals surface area contributed by atoms with Gasteiger partial charge >= 0.3 is 0 Å². The average Bonchev–Trinajstić information content (AvgIpc) is 3.03. The summed E-state index contributed by atoms with van der Waals surface area (Å²) < 4.78 is 6.86. The molecule has 3 rings (SSSR count). The van der Waals surface area contributed by atoms with E-state index in [0.29, 0.717) is 23.2 Å². The lowest BCUT2D eigenvalue weighted by atomic mass is 10.1. The van der Waals surface area contributed by atoms with E-state index in [2.05, 4.69) is 10.1 Å². The van der Waals surface area contributed by atoms with Crippen molar-refractivity contribution in [3.05, 3.63) is 23.5 Å². The summed E-state index contributed by atoms with van der Waals surface area (Å²) >= 11 is 0. The van der Waals surface area contributed by atoms with Crippen LogP contribution in [0.4, 0.5) is 0 Å². The van der Waals surface area contributed by atoms with Gasteiger partial charge in [-0.15, -0.1) is 0 Å². The van der Waals surface area contributed by atoms with Crippen molar-refractivity contribution in [2.24, 2.45) is 7.05 Å². The summed E-state index contributed by atoms with van der Waals surface area (Å²) in [6.45, 7) is 2.46. The first-order valence-electron chi connectivity index (χ1n) is 6.81. The molecule has 1 aliphatic rings. The van der Waals surface area contributed by atoms with E-state index >= 15 is 0 Å². The number of carbonyl (C=O) groups is 1. The van der Waals surface area contributed by atoms with Crippen molar-refractivity contribution in [2.45, 2.75) is 19.1 Å². The highest BCUT2D eigenvalue weighted by Gasteiger charge is 2.33. The van der Waals surface area contributed by atoms with Gasteiger partial charge in [0.1, 0.15) is 0 Å². The minimum atomic E-state index is -0.647. The lowest BCUT2D eigenvalue weighted by molar-refractivity contribution is 0.0583. The molecular formula is C14H18N4O3. The number of likely N-dealkylation sites (N-methyl/N-ethyl adjacent to an activating group) is 1. The van der Waals surface area contributed by atoms with Crippen LogP contribution in [0.2, 0.25) is 0 Å². The number of hydrogen-bond acceptors (Lipinski definition) is 5. The Kier molecular flexibility index (Phi) is 3.38. The molecule has 0 bridgehead atoms. The smallest absolute Gasteiger partial charge is 0.254 e. The van der Waals surface area contributed by atoms with Crippen molar-refractivity contribution in [3.8, 4) is 0 Å². The number of hydrogen-bond donors (Lipinski definition) is 1. The van der Waals surface area contributed by atoms with Crippen LogP contribution in [0.15, 0.2) is 12.3 Å². The quantitative estimate of drug-likeness (QED) is 0.849. The largest absolute Gasteiger partial charge is 0.388 e. The van der Waals surface area contributed by atoms with Crippen molar-refractivity contribution in [1.82, 2.24) is 19.7 Å². The topological polar surface area (TPSA) is 80.5 Å². The third-order valence-electron chi connectivity index (χ3n) is 3.90. The van der Waals surface area contributed by atoms with Gasteiger partial charge in [-0.2, -0.15) is 5.10 Å². The summed E-state index contributed by atoms with van der Waals surface area (Å²) in [6, 6.07) is 1.43. The first-order valence-corrected chi connectivity index (χ1v) is 6.81. The molecular weight excluding hydrogens is 272 g/mol. The van der Waals surface area contributed by atoms with Gasteiger partial charge in [0.2, 0.25) is 0 Å². The standard InChI is InChI=1S/C14H18N4O3/c1-8-4-9(10-5-15-18(3)13(10)16-8)14(20)17(2)11-6-21-7-12(11)19/h4-5,11-12,19H,6-7H2,1-3H3/t11-,12-/m1/s1. The van der Waals surface area contributed by atoms with E-state index in [0.717, 1.165) is 5.69 Å². The van der Waals surface area contributed by atoms with Crippen LogP contribution in [0.25, 0.3) is 11.0 Å². The van der Waals surface area contributed by atoms with Gasteiger partial charge in [0.25, 0.3) is 5.91 Å². The third kappa shape index (κ3) is 2.28. The van der Waals surface area contributed by atoms with Gasteiger partial charge in [-0.1, -0.05) is 0 Å². The fourth-order valence-electron chi connectivity index (χ4n) is 2.66. The maximum Gasteiger partial charge on any atom is 0.254 e. The molecule has 0 aliphatic carbocycles. The maximum atomic E-state index is 12.7. The highest BCUT2D eigenvalue weighted by molar-refractivity contribution is 6.05. The van der Waals surface area contributed by atoms with E-state index in [4.69, 9.17) is 4.74 Å². The lowest BCUT2D eigenvalue weighted by Crippen LogP contribution is -2.44. The zero-order chi connectivity index (χ0) is 15.1.